The molecule has 0 saturated carbocycles. The molecule has 0 atom stereocenters. The summed E-state index contributed by atoms with van der Waals surface area (Å²) in [6.07, 6.45) is 3.60. The smallest absolute Gasteiger partial charge is 0.133 e. The lowest BCUT2D eigenvalue weighted by molar-refractivity contribution is 1.19. The normalized spacial score (nSPS) is 9.16. The Kier molecular flexibility index (Phi) is 7.42. The van der Waals surface area contributed by atoms with Crippen LogP contribution in [0, 0.1) is 11.3 Å². The number of nitrogens with zero attached hydrogens (tertiary/aromatic N) is 3. The molecular formula is C13H10BrCl2N3. The molecule has 0 amide bonds. The van der Waals surface area contributed by atoms with Crippen LogP contribution < -0.4 is 0 Å². The maximum atomic E-state index is 8.31. The van der Waals surface area contributed by atoms with Crippen molar-refractivity contribution in [3.05, 3.63) is 58.1 Å². The Morgan fingerprint density at radius 1 is 1.05 bits per heavy atom. The molecule has 0 aliphatic rings. The molecule has 19 heavy (non-hydrogen) atoms. The zero-order valence-electron chi connectivity index (χ0n) is 9.85. The van der Waals surface area contributed by atoms with Crippen LogP contribution in [0.15, 0.2) is 36.7 Å². The molecule has 2 aromatic heterocycles. The lowest BCUT2D eigenvalue weighted by atomic mass is 10.2. The van der Waals surface area contributed by atoms with Crippen molar-refractivity contribution in [2.75, 3.05) is 0 Å². The standard InChI is InChI=1S/C7H5ClN2.C6H5BrClN/c8-7-6(3-4-9)2-1-5-10-7;7-4-5-2-1-3-9-6(5)8/h1-2,5H,3H2;1-3H,4H2. The summed E-state index contributed by atoms with van der Waals surface area (Å²) in [5.74, 6) is 0. The second kappa shape index (κ2) is 8.87. The molecule has 0 aromatic carbocycles. The van der Waals surface area contributed by atoms with Gasteiger partial charge >= 0.3 is 0 Å². The molecule has 3 nitrogen and oxygen atoms in total. The average molecular weight is 359 g/mol. The molecule has 2 rings (SSSR count). The Morgan fingerprint density at radius 3 is 1.95 bits per heavy atom. The first-order valence-electron chi connectivity index (χ1n) is 5.30. The zero-order chi connectivity index (χ0) is 14.1. The summed E-state index contributed by atoms with van der Waals surface area (Å²) in [4.78, 5) is 7.70. The van der Waals surface area contributed by atoms with Gasteiger partial charge in [0.25, 0.3) is 0 Å². The number of hydrogen-bond donors (Lipinski definition) is 0. The van der Waals surface area contributed by atoms with Gasteiger partial charge in [0.15, 0.2) is 0 Å². The van der Waals surface area contributed by atoms with E-state index in [1.807, 2.05) is 18.2 Å². The van der Waals surface area contributed by atoms with E-state index in [0.717, 1.165) is 16.5 Å². The Balaban J connectivity index is 0.000000191. The van der Waals surface area contributed by atoms with E-state index in [1.165, 1.54) is 0 Å². The van der Waals surface area contributed by atoms with Crippen molar-refractivity contribution in [2.24, 2.45) is 0 Å². The fraction of sp³-hybridized carbons (Fsp3) is 0.154. The van der Waals surface area contributed by atoms with Gasteiger partial charge in [-0.15, -0.1) is 0 Å². The largest absolute Gasteiger partial charge is 0.244 e. The summed E-state index contributed by atoms with van der Waals surface area (Å²) >= 11 is 14.6. The third-order valence-corrected chi connectivity index (χ3v) is 3.37. The van der Waals surface area contributed by atoms with Gasteiger partial charge in [-0.05, 0) is 12.1 Å². The molecule has 0 fully saturated rings. The van der Waals surface area contributed by atoms with Crippen LogP contribution in [-0.4, -0.2) is 9.97 Å². The van der Waals surface area contributed by atoms with Crippen molar-refractivity contribution in [2.45, 2.75) is 11.8 Å². The van der Waals surface area contributed by atoms with Crippen LogP contribution in [0.1, 0.15) is 11.1 Å². The number of pyridine rings is 2. The average Bonchev–Trinajstić information content (AvgIpc) is 2.43. The zero-order valence-corrected chi connectivity index (χ0v) is 13.0. The van der Waals surface area contributed by atoms with E-state index in [2.05, 4.69) is 25.9 Å². The molecule has 0 aliphatic carbocycles. The van der Waals surface area contributed by atoms with Crippen molar-refractivity contribution in [1.82, 2.24) is 9.97 Å². The molecule has 0 radical (unpaired) electrons. The Bertz CT molecular complexity index is 570. The minimum atomic E-state index is 0.326. The Morgan fingerprint density at radius 2 is 1.58 bits per heavy atom. The summed E-state index contributed by atoms with van der Waals surface area (Å²) in [5.41, 5.74) is 1.81. The first-order chi connectivity index (χ1) is 9.19. The first kappa shape index (κ1) is 15.9. The molecule has 0 spiro atoms. The van der Waals surface area contributed by atoms with E-state index >= 15 is 0 Å². The summed E-state index contributed by atoms with van der Waals surface area (Å²) in [5, 5.41) is 10.1. The SMILES string of the molecule is Clc1ncccc1CBr.N#CCc1cccnc1Cl. The van der Waals surface area contributed by atoms with E-state index in [1.54, 1.807) is 24.5 Å². The van der Waals surface area contributed by atoms with Crippen LogP contribution in [-0.2, 0) is 11.8 Å². The van der Waals surface area contributed by atoms with Crippen LogP contribution in [0.3, 0.4) is 0 Å². The van der Waals surface area contributed by atoms with E-state index in [-0.39, 0.29) is 0 Å². The van der Waals surface area contributed by atoms with Crippen LogP contribution in [0.4, 0.5) is 0 Å². The van der Waals surface area contributed by atoms with E-state index in [0.29, 0.717) is 16.7 Å². The van der Waals surface area contributed by atoms with Gasteiger partial charge in [0.2, 0.25) is 0 Å². The van der Waals surface area contributed by atoms with Gasteiger partial charge in [-0.2, -0.15) is 5.26 Å². The van der Waals surface area contributed by atoms with E-state index in [4.69, 9.17) is 28.5 Å². The minimum absolute atomic E-state index is 0.326. The molecular weight excluding hydrogens is 349 g/mol. The quantitative estimate of drug-likeness (QED) is 0.589. The Labute approximate surface area is 130 Å². The summed E-state index contributed by atoms with van der Waals surface area (Å²) in [6.45, 7) is 0. The first-order valence-corrected chi connectivity index (χ1v) is 7.18. The van der Waals surface area contributed by atoms with E-state index in [9.17, 15) is 0 Å². The van der Waals surface area contributed by atoms with E-state index < -0.39 is 0 Å². The highest BCUT2D eigenvalue weighted by Gasteiger charge is 1.96. The number of aromatic nitrogens is 2. The van der Waals surface area contributed by atoms with Crippen molar-refractivity contribution < 1.29 is 0 Å². The van der Waals surface area contributed by atoms with Crippen molar-refractivity contribution >= 4 is 39.1 Å². The maximum Gasteiger partial charge on any atom is 0.133 e. The second-order valence-corrected chi connectivity index (χ2v) is 4.65. The van der Waals surface area contributed by atoms with Gasteiger partial charge in [-0.3, -0.25) is 0 Å². The molecule has 0 unspecified atom stereocenters. The van der Waals surface area contributed by atoms with Crippen molar-refractivity contribution in [3.63, 3.8) is 0 Å². The maximum absolute atomic E-state index is 8.31. The van der Waals surface area contributed by atoms with Gasteiger partial charge in [-0.25, -0.2) is 9.97 Å². The number of nitriles is 1. The summed E-state index contributed by atoms with van der Waals surface area (Å²) < 4.78 is 0. The number of halogens is 3. The molecule has 2 aromatic rings. The van der Waals surface area contributed by atoms with Gasteiger partial charge in [0, 0.05) is 28.9 Å². The van der Waals surface area contributed by atoms with Crippen molar-refractivity contribution in [1.29, 1.82) is 5.26 Å². The number of hydrogen-bond acceptors (Lipinski definition) is 3. The third-order valence-electron chi connectivity index (χ3n) is 2.09. The molecule has 0 N–H and O–H groups in total. The summed E-state index contributed by atoms with van der Waals surface area (Å²) in [7, 11) is 0. The molecule has 0 saturated heterocycles. The van der Waals surface area contributed by atoms with Gasteiger partial charge in [0.1, 0.15) is 10.3 Å². The molecule has 0 aliphatic heterocycles. The topological polar surface area (TPSA) is 49.6 Å². The lowest BCUT2D eigenvalue weighted by Crippen LogP contribution is -1.84. The second-order valence-electron chi connectivity index (χ2n) is 3.38. The fourth-order valence-corrected chi connectivity index (χ4v) is 2.14. The predicted molar refractivity (Wildman–Crippen MR) is 80.4 cm³/mol. The third kappa shape index (κ3) is 5.56. The van der Waals surface area contributed by atoms with Crippen LogP contribution in [0.2, 0.25) is 10.3 Å². The fourth-order valence-electron chi connectivity index (χ4n) is 1.16. The molecule has 98 valence electrons. The highest BCUT2D eigenvalue weighted by molar-refractivity contribution is 9.08. The number of rotatable bonds is 2. The summed E-state index contributed by atoms with van der Waals surface area (Å²) in [6, 6.07) is 9.35. The van der Waals surface area contributed by atoms with Gasteiger partial charge in [0.05, 0.1) is 12.5 Å². The lowest BCUT2D eigenvalue weighted by Gasteiger charge is -1.94. The van der Waals surface area contributed by atoms with Crippen molar-refractivity contribution in [3.8, 4) is 6.07 Å². The predicted octanol–water partition coefficient (Wildman–Crippen LogP) is 4.43. The van der Waals surface area contributed by atoms with Crippen LogP contribution >= 0.6 is 39.1 Å². The highest BCUT2D eigenvalue weighted by Crippen LogP contribution is 2.13. The van der Waals surface area contributed by atoms with Gasteiger partial charge in [-0.1, -0.05) is 51.3 Å². The van der Waals surface area contributed by atoms with Crippen LogP contribution in [0.5, 0.6) is 0 Å². The highest BCUT2D eigenvalue weighted by atomic mass is 79.9. The van der Waals surface area contributed by atoms with Gasteiger partial charge < -0.3 is 0 Å². The molecule has 0 bridgehead atoms. The van der Waals surface area contributed by atoms with Crippen LogP contribution in [0.25, 0.3) is 0 Å². The molecule has 6 heteroatoms. The minimum Gasteiger partial charge on any atom is -0.244 e. The monoisotopic (exact) mass is 357 g/mol. The number of alkyl halides is 1. The molecule has 2 heterocycles. The Hall–Kier alpha value is -1.15.